The third-order valence-corrected chi connectivity index (χ3v) is 5.61. The maximum Gasteiger partial charge on any atom is 0.287 e. The predicted octanol–water partition coefficient (Wildman–Crippen LogP) is 3.84. The van der Waals surface area contributed by atoms with Crippen molar-refractivity contribution in [1.82, 2.24) is 19.6 Å². The van der Waals surface area contributed by atoms with Gasteiger partial charge in [0.25, 0.3) is 5.91 Å². The first kappa shape index (κ1) is 18.7. The molecule has 28 heavy (non-hydrogen) atoms. The van der Waals surface area contributed by atoms with Crippen molar-refractivity contribution in [3.05, 3.63) is 59.9 Å². The van der Waals surface area contributed by atoms with Crippen molar-refractivity contribution in [2.75, 3.05) is 13.1 Å². The molecule has 4 heterocycles. The van der Waals surface area contributed by atoms with Crippen LogP contribution in [0.1, 0.15) is 61.4 Å². The standard InChI is InChI=1S/C22H28N4O2/c1-22(2,3)26-11-7-17(8-12-26)18-4-5-19(28-18)21(27)24-15-16-6-10-25-13-9-23-20(25)14-16/h4-6,9-10,13-14,17H,7-8,11-12,15H2,1-3H3,(H,24,27). The van der Waals surface area contributed by atoms with Crippen molar-refractivity contribution >= 4 is 11.6 Å². The molecule has 1 aliphatic rings. The number of nitrogens with one attached hydrogen (secondary N) is 1. The SMILES string of the molecule is CC(C)(C)N1CCC(c2ccc(C(=O)NCc3ccn4ccnc4c3)o2)CC1. The van der Waals surface area contributed by atoms with E-state index in [1.807, 2.05) is 35.0 Å². The normalized spacial score (nSPS) is 16.5. The number of pyridine rings is 1. The number of carbonyl (C=O) groups is 1. The number of nitrogens with zero attached hydrogens (tertiary/aromatic N) is 3. The number of likely N-dealkylation sites (tertiary alicyclic amines) is 1. The smallest absolute Gasteiger partial charge is 0.287 e. The van der Waals surface area contributed by atoms with Crippen molar-refractivity contribution < 1.29 is 9.21 Å². The molecule has 1 saturated heterocycles. The Balaban J connectivity index is 1.34. The molecule has 4 rings (SSSR count). The highest BCUT2D eigenvalue weighted by Crippen LogP contribution is 2.32. The van der Waals surface area contributed by atoms with Gasteiger partial charge in [-0.05, 0) is 76.5 Å². The molecule has 0 aromatic carbocycles. The molecular formula is C22H28N4O2. The van der Waals surface area contributed by atoms with Gasteiger partial charge in [-0.15, -0.1) is 0 Å². The van der Waals surface area contributed by atoms with Crippen molar-refractivity contribution in [3.8, 4) is 0 Å². The molecule has 1 amide bonds. The van der Waals surface area contributed by atoms with Gasteiger partial charge in [-0.1, -0.05) is 0 Å². The number of imidazole rings is 1. The van der Waals surface area contributed by atoms with Gasteiger partial charge in [0.05, 0.1) is 0 Å². The van der Waals surface area contributed by atoms with Crippen LogP contribution in [-0.2, 0) is 6.54 Å². The number of rotatable bonds is 4. The van der Waals surface area contributed by atoms with E-state index >= 15 is 0 Å². The molecule has 3 aromatic heterocycles. The first-order chi connectivity index (χ1) is 13.4. The predicted molar refractivity (Wildman–Crippen MR) is 108 cm³/mol. The third-order valence-electron chi connectivity index (χ3n) is 5.61. The van der Waals surface area contributed by atoms with Gasteiger partial charge in [0.2, 0.25) is 0 Å². The quantitative estimate of drug-likeness (QED) is 0.747. The van der Waals surface area contributed by atoms with Crippen LogP contribution in [0.3, 0.4) is 0 Å². The average Bonchev–Trinajstić information content (AvgIpc) is 3.34. The molecule has 6 nitrogen and oxygen atoms in total. The third kappa shape index (κ3) is 3.97. The number of carbonyl (C=O) groups excluding carboxylic acids is 1. The molecule has 0 spiro atoms. The van der Waals surface area contributed by atoms with Gasteiger partial charge in [0.1, 0.15) is 11.4 Å². The van der Waals surface area contributed by atoms with Crippen LogP contribution in [0.25, 0.3) is 5.65 Å². The largest absolute Gasteiger partial charge is 0.456 e. The van der Waals surface area contributed by atoms with Gasteiger partial charge in [-0.25, -0.2) is 4.98 Å². The maximum atomic E-state index is 12.5. The highest BCUT2D eigenvalue weighted by atomic mass is 16.4. The van der Waals surface area contributed by atoms with E-state index in [4.69, 9.17) is 4.42 Å². The second kappa shape index (κ2) is 7.43. The van der Waals surface area contributed by atoms with Crippen LogP contribution in [0.5, 0.6) is 0 Å². The Morgan fingerprint density at radius 2 is 2.00 bits per heavy atom. The second-order valence-electron chi connectivity index (χ2n) is 8.54. The maximum absolute atomic E-state index is 12.5. The zero-order valence-corrected chi connectivity index (χ0v) is 16.8. The summed E-state index contributed by atoms with van der Waals surface area (Å²) in [5, 5.41) is 2.94. The molecule has 0 radical (unpaired) electrons. The van der Waals surface area contributed by atoms with E-state index in [1.54, 1.807) is 12.3 Å². The molecule has 0 atom stereocenters. The van der Waals surface area contributed by atoms with Gasteiger partial charge >= 0.3 is 0 Å². The lowest BCUT2D eigenvalue weighted by molar-refractivity contribution is 0.0905. The summed E-state index contributed by atoms with van der Waals surface area (Å²) in [6.07, 6.45) is 7.73. The van der Waals surface area contributed by atoms with Crippen LogP contribution in [0, 0.1) is 0 Å². The van der Waals surface area contributed by atoms with Crippen LogP contribution >= 0.6 is 0 Å². The van der Waals surface area contributed by atoms with Crippen molar-refractivity contribution in [1.29, 1.82) is 0 Å². The molecule has 0 unspecified atom stereocenters. The minimum absolute atomic E-state index is 0.179. The van der Waals surface area contributed by atoms with E-state index in [9.17, 15) is 4.79 Å². The minimum Gasteiger partial charge on any atom is -0.456 e. The van der Waals surface area contributed by atoms with Crippen molar-refractivity contribution in [2.24, 2.45) is 0 Å². The van der Waals surface area contributed by atoms with Gasteiger partial charge in [-0.2, -0.15) is 0 Å². The van der Waals surface area contributed by atoms with E-state index in [-0.39, 0.29) is 11.4 Å². The first-order valence-corrected chi connectivity index (χ1v) is 9.95. The number of furan rings is 1. The van der Waals surface area contributed by atoms with E-state index < -0.39 is 0 Å². The number of amides is 1. The van der Waals surface area contributed by atoms with E-state index in [2.05, 4.69) is 36.0 Å². The monoisotopic (exact) mass is 380 g/mol. The molecule has 1 N–H and O–H groups in total. The Bertz CT molecular complexity index is 958. The molecule has 3 aromatic rings. The van der Waals surface area contributed by atoms with Crippen LogP contribution in [-0.4, -0.2) is 38.8 Å². The van der Waals surface area contributed by atoms with Crippen molar-refractivity contribution in [2.45, 2.75) is 51.6 Å². The zero-order chi connectivity index (χ0) is 19.7. The van der Waals surface area contributed by atoms with Crippen LogP contribution < -0.4 is 5.32 Å². The topological polar surface area (TPSA) is 62.8 Å². The lowest BCUT2D eigenvalue weighted by Crippen LogP contribution is -2.45. The summed E-state index contributed by atoms with van der Waals surface area (Å²) < 4.78 is 7.84. The fourth-order valence-corrected chi connectivity index (χ4v) is 3.86. The fraction of sp³-hybridized carbons (Fsp3) is 0.455. The molecule has 148 valence electrons. The molecule has 0 saturated carbocycles. The molecular weight excluding hydrogens is 352 g/mol. The van der Waals surface area contributed by atoms with Gasteiger partial charge in [0.15, 0.2) is 5.76 Å². The van der Waals surface area contributed by atoms with Crippen LogP contribution in [0.15, 0.2) is 47.3 Å². The van der Waals surface area contributed by atoms with Crippen molar-refractivity contribution in [3.63, 3.8) is 0 Å². The lowest BCUT2D eigenvalue weighted by Gasteiger charge is -2.40. The summed E-state index contributed by atoms with van der Waals surface area (Å²) in [6, 6.07) is 7.70. The number of piperidine rings is 1. The average molecular weight is 380 g/mol. The lowest BCUT2D eigenvalue weighted by atomic mass is 9.91. The van der Waals surface area contributed by atoms with E-state index in [1.165, 1.54) is 0 Å². The summed E-state index contributed by atoms with van der Waals surface area (Å²) in [7, 11) is 0. The Morgan fingerprint density at radius 3 is 2.75 bits per heavy atom. The number of hydrogen-bond donors (Lipinski definition) is 1. The Kier molecular flexibility index (Phi) is 4.98. The molecule has 1 aliphatic heterocycles. The van der Waals surface area contributed by atoms with E-state index in [0.29, 0.717) is 18.2 Å². The molecule has 1 fully saturated rings. The molecule has 0 bridgehead atoms. The number of hydrogen-bond acceptors (Lipinski definition) is 4. The Morgan fingerprint density at radius 1 is 1.21 bits per heavy atom. The Labute approximate surface area is 165 Å². The summed E-state index contributed by atoms with van der Waals surface area (Å²) >= 11 is 0. The minimum atomic E-state index is -0.179. The fourth-order valence-electron chi connectivity index (χ4n) is 3.86. The van der Waals surface area contributed by atoms with Gasteiger partial charge in [0, 0.05) is 36.6 Å². The summed E-state index contributed by atoms with van der Waals surface area (Å²) in [6.45, 7) is 9.34. The Hall–Kier alpha value is -2.60. The molecule has 0 aliphatic carbocycles. The highest BCUT2D eigenvalue weighted by molar-refractivity contribution is 5.91. The summed E-state index contributed by atoms with van der Waals surface area (Å²) in [5.41, 5.74) is 2.08. The number of fused-ring (bicyclic) bond motifs is 1. The van der Waals surface area contributed by atoms with Crippen LogP contribution in [0.4, 0.5) is 0 Å². The number of aromatic nitrogens is 2. The molecule has 6 heteroatoms. The zero-order valence-electron chi connectivity index (χ0n) is 16.8. The van der Waals surface area contributed by atoms with E-state index in [0.717, 1.165) is 42.9 Å². The van der Waals surface area contributed by atoms with Gasteiger partial charge < -0.3 is 14.1 Å². The first-order valence-electron chi connectivity index (χ1n) is 9.95. The summed E-state index contributed by atoms with van der Waals surface area (Å²) in [4.78, 5) is 19.3. The summed E-state index contributed by atoms with van der Waals surface area (Å²) in [5.74, 6) is 1.53. The van der Waals surface area contributed by atoms with Gasteiger partial charge in [-0.3, -0.25) is 9.69 Å². The second-order valence-corrected chi connectivity index (χ2v) is 8.54. The highest BCUT2D eigenvalue weighted by Gasteiger charge is 2.29. The van der Waals surface area contributed by atoms with Crippen LogP contribution in [0.2, 0.25) is 0 Å².